The van der Waals surface area contributed by atoms with Crippen molar-refractivity contribution in [2.24, 2.45) is 17.8 Å². The average Bonchev–Trinajstić information content (AvgIpc) is 2.41. The Labute approximate surface area is 144 Å². The number of rotatable bonds is 5. The third kappa shape index (κ3) is 18.0. The van der Waals surface area contributed by atoms with E-state index < -0.39 is 0 Å². The lowest BCUT2D eigenvalue weighted by Crippen LogP contribution is -2.37. The molecule has 0 aromatic rings. The fraction of sp³-hybridized carbons (Fsp3) is 1.00. The van der Waals surface area contributed by atoms with Crippen molar-refractivity contribution in [2.75, 3.05) is 28.2 Å². The van der Waals surface area contributed by atoms with Gasteiger partial charge in [0.2, 0.25) is 0 Å². The van der Waals surface area contributed by atoms with E-state index in [9.17, 15) is 0 Å². The summed E-state index contributed by atoms with van der Waals surface area (Å²) in [4.78, 5) is 4.56. The van der Waals surface area contributed by atoms with Crippen LogP contribution in [0.2, 0.25) is 0 Å². The topological polar surface area (TPSA) is 6.48 Å². The normalized spacial score (nSPS) is 11.9. The van der Waals surface area contributed by atoms with Gasteiger partial charge in [-0.15, -0.1) is 0 Å². The Morgan fingerprint density at radius 3 is 0.727 bits per heavy atom. The van der Waals surface area contributed by atoms with E-state index in [1.165, 1.54) is 0 Å². The summed E-state index contributed by atoms with van der Waals surface area (Å²) in [5.41, 5.74) is 0. The van der Waals surface area contributed by atoms with Crippen molar-refractivity contribution in [3.05, 3.63) is 0 Å². The summed E-state index contributed by atoms with van der Waals surface area (Å²) in [7, 11) is 8.55. The molecule has 0 saturated heterocycles. The van der Waals surface area contributed by atoms with E-state index >= 15 is 0 Å². The lowest BCUT2D eigenvalue weighted by molar-refractivity contribution is 0.176. The minimum Gasteiger partial charge on any atom is -0.306 e. The SMILES string of the molecule is CC.CC.CC(C)C(C(C)C)N(C)C.CC(C)[C@H](C)N(C)C. The van der Waals surface area contributed by atoms with E-state index in [1.54, 1.807) is 0 Å². The minimum absolute atomic E-state index is 0.704. The first-order chi connectivity index (χ1) is 10.0. The van der Waals surface area contributed by atoms with Crippen LogP contribution >= 0.6 is 0 Å². The highest BCUT2D eigenvalue weighted by Crippen LogP contribution is 2.15. The molecular weight excluding hydrogens is 268 g/mol. The van der Waals surface area contributed by atoms with Crippen LogP contribution in [-0.2, 0) is 0 Å². The highest BCUT2D eigenvalue weighted by molar-refractivity contribution is 4.72. The summed E-state index contributed by atoms with van der Waals surface area (Å²) in [5, 5.41) is 0. The first kappa shape index (κ1) is 29.9. The molecule has 1 atom stereocenters. The van der Waals surface area contributed by atoms with Crippen LogP contribution in [0.1, 0.15) is 76.2 Å². The number of nitrogens with zero attached hydrogens (tertiary/aromatic N) is 2. The van der Waals surface area contributed by atoms with Crippen LogP contribution in [0.4, 0.5) is 0 Å². The molecule has 0 spiro atoms. The van der Waals surface area contributed by atoms with Gasteiger partial charge in [-0.05, 0) is 52.9 Å². The van der Waals surface area contributed by atoms with Crippen molar-refractivity contribution >= 4 is 0 Å². The van der Waals surface area contributed by atoms with Crippen molar-refractivity contribution in [2.45, 2.75) is 88.2 Å². The maximum atomic E-state index is 2.31. The van der Waals surface area contributed by atoms with Gasteiger partial charge in [-0.1, -0.05) is 69.2 Å². The van der Waals surface area contributed by atoms with Gasteiger partial charge in [-0.2, -0.15) is 0 Å². The second kappa shape index (κ2) is 19.0. The standard InChI is InChI=1S/C9H21N.C7H17N.2C2H6/c1-7(2)9(8(3)4)10(5)6;1-6(2)7(3)8(4)5;2*1-2/h7-9H,1-6H3;6-7H,1-5H3;2*1-2H3/t;7-;;/m.0../s1. The van der Waals surface area contributed by atoms with Crippen LogP contribution in [0.3, 0.4) is 0 Å². The van der Waals surface area contributed by atoms with E-state index in [2.05, 4.69) is 86.5 Å². The Balaban J connectivity index is -0.000000121. The summed E-state index contributed by atoms with van der Waals surface area (Å²) in [6, 6.07) is 1.43. The van der Waals surface area contributed by atoms with Gasteiger partial charge >= 0.3 is 0 Å². The molecule has 0 aliphatic heterocycles. The van der Waals surface area contributed by atoms with Crippen LogP contribution in [0.15, 0.2) is 0 Å². The molecule has 0 aliphatic rings. The lowest BCUT2D eigenvalue weighted by atomic mass is 9.92. The molecule has 0 aromatic carbocycles. The van der Waals surface area contributed by atoms with Crippen molar-refractivity contribution in [1.29, 1.82) is 0 Å². The first-order valence-electron chi connectivity index (χ1n) is 9.35. The largest absolute Gasteiger partial charge is 0.306 e. The Morgan fingerprint density at radius 1 is 0.455 bits per heavy atom. The summed E-state index contributed by atoms with van der Waals surface area (Å²) >= 11 is 0. The third-order valence-corrected chi connectivity index (χ3v) is 3.74. The van der Waals surface area contributed by atoms with Gasteiger partial charge in [0.25, 0.3) is 0 Å². The van der Waals surface area contributed by atoms with Crippen molar-refractivity contribution < 1.29 is 0 Å². The molecule has 0 aromatic heterocycles. The van der Waals surface area contributed by atoms with E-state index in [4.69, 9.17) is 0 Å². The Kier molecular flexibility index (Phi) is 25.8. The Bertz CT molecular complexity index is 157. The van der Waals surface area contributed by atoms with E-state index in [0.29, 0.717) is 6.04 Å². The molecule has 2 nitrogen and oxygen atoms in total. The fourth-order valence-corrected chi connectivity index (χ4v) is 2.56. The Hall–Kier alpha value is -0.0800. The van der Waals surface area contributed by atoms with E-state index in [1.807, 2.05) is 27.7 Å². The summed E-state index contributed by atoms with van der Waals surface area (Å²) in [5.74, 6) is 2.29. The molecule has 0 fully saturated rings. The summed E-state index contributed by atoms with van der Waals surface area (Å²) in [6.07, 6.45) is 0. The number of hydrogen-bond acceptors (Lipinski definition) is 2. The molecule has 0 bridgehead atoms. The maximum Gasteiger partial charge on any atom is 0.0135 e. The fourth-order valence-electron chi connectivity index (χ4n) is 2.56. The van der Waals surface area contributed by atoms with E-state index in [-0.39, 0.29) is 0 Å². The summed E-state index contributed by atoms with van der Waals surface area (Å²) < 4.78 is 0. The summed E-state index contributed by atoms with van der Waals surface area (Å²) in [6.45, 7) is 23.9. The monoisotopic (exact) mass is 318 g/mol. The van der Waals surface area contributed by atoms with Gasteiger partial charge in [0.05, 0.1) is 0 Å². The zero-order valence-corrected chi connectivity index (χ0v) is 18.8. The predicted molar refractivity (Wildman–Crippen MR) is 108 cm³/mol. The molecule has 2 heteroatoms. The zero-order valence-electron chi connectivity index (χ0n) is 18.8. The van der Waals surface area contributed by atoms with Crippen LogP contribution in [0.25, 0.3) is 0 Å². The minimum atomic E-state index is 0.704. The van der Waals surface area contributed by atoms with Crippen molar-refractivity contribution in [1.82, 2.24) is 9.80 Å². The smallest absolute Gasteiger partial charge is 0.0135 e. The molecule has 0 rings (SSSR count). The number of hydrogen-bond donors (Lipinski definition) is 0. The van der Waals surface area contributed by atoms with Crippen LogP contribution in [0, 0.1) is 17.8 Å². The highest BCUT2D eigenvalue weighted by atomic mass is 15.1. The van der Waals surface area contributed by atoms with Crippen LogP contribution in [0.5, 0.6) is 0 Å². The van der Waals surface area contributed by atoms with Gasteiger partial charge in [0.1, 0.15) is 0 Å². The second-order valence-corrected chi connectivity index (χ2v) is 6.89. The van der Waals surface area contributed by atoms with Crippen LogP contribution in [-0.4, -0.2) is 50.1 Å². The highest BCUT2D eigenvalue weighted by Gasteiger charge is 2.18. The zero-order chi connectivity index (χ0) is 19.0. The lowest BCUT2D eigenvalue weighted by Gasteiger charge is -2.31. The third-order valence-electron chi connectivity index (χ3n) is 3.74. The quantitative estimate of drug-likeness (QED) is 0.625. The average molecular weight is 319 g/mol. The van der Waals surface area contributed by atoms with E-state index in [0.717, 1.165) is 23.8 Å². The molecule has 0 radical (unpaired) electrons. The van der Waals surface area contributed by atoms with Gasteiger partial charge in [0, 0.05) is 12.1 Å². The maximum absolute atomic E-state index is 2.31. The molecule has 0 saturated carbocycles. The molecule has 22 heavy (non-hydrogen) atoms. The predicted octanol–water partition coefficient (Wildman–Crippen LogP) is 5.87. The molecule has 0 aliphatic carbocycles. The van der Waals surface area contributed by atoms with Gasteiger partial charge in [-0.3, -0.25) is 0 Å². The van der Waals surface area contributed by atoms with Gasteiger partial charge in [0.15, 0.2) is 0 Å². The molecule has 0 unspecified atom stereocenters. The van der Waals surface area contributed by atoms with Gasteiger partial charge < -0.3 is 9.80 Å². The molecule has 0 heterocycles. The van der Waals surface area contributed by atoms with Crippen LogP contribution < -0.4 is 0 Å². The Morgan fingerprint density at radius 2 is 0.727 bits per heavy atom. The first-order valence-corrected chi connectivity index (χ1v) is 9.35. The van der Waals surface area contributed by atoms with Crippen molar-refractivity contribution in [3.63, 3.8) is 0 Å². The van der Waals surface area contributed by atoms with Crippen molar-refractivity contribution in [3.8, 4) is 0 Å². The molecule has 0 N–H and O–H groups in total. The molecule has 0 amide bonds. The van der Waals surface area contributed by atoms with Gasteiger partial charge in [-0.25, -0.2) is 0 Å². The molecular formula is C20H50N2. The second-order valence-electron chi connectivity index (χ2n) is 6.89. The molecule has 140 valence electrons.